The smallest absolute Gasteiger partial charge is 0.201 e. The van der Waals surface area contributed by atoms with E-state index in [1.807, 2.05) is 0 Å². The number of anilines is 1. The predicted octanol–water partition coefficient (Wildman–Crippen LogP) is 4.62. The molecular formula is C12H12F7N. The monoisotopic (exact) mass is 303 g/mol. The van der Waals surface area contributed by atoms with Crippen LogP contribution in [-0.4, -0.2) is 12.5 Å². The lowest BCUT2D eigenvalue weighted by atomic mass is 10.1. The van der Waals surface area contributed by atoms with Gasteiger partial charge in [0.05, 0.1) is 0 Å². The molecule has 0 aliphatic heterocycles. The minimum atomic E-state index is -2.57. The maximum atomic E-state index is 13.4. The van der Waals surface area contributed by atoms with Gasteiger partial charge in [0.15, 0.2) is 23.3 Å². The molecule has 2 atom stereocenters. The summed E-state index contributed by atoms with van der Waals surface area (Å²) in [5, 5.41) is 1.36. The summed E-state index contributed by atoms with van der Waals surface area (Å²) in [6.07, 6.45) is -4.05. The molecule has 0 radical (unpaired) electrons. The van der Waals surface area contributed by atoms with Gasteiger partial charge < -0.3 is 5.32 Å². The summed E-state index contributed by atoms with van der Waals surface area (Å²) in [6.45, 7) is 1.72. The Morgan fingerprint density at radius 3 is 1.75 bits per heavy atom. The number of benzene rings is 1. The van der Waals surface area contributed by atoms with Crippen LogP contribution in [0.15, 0.2) is 0 Å². The van der Waals surface area contributed by atoms with Gasteiger partial charge in [0.2, 0.25) is 12.1 Å². The Labute approximate surface area is 110 Å². The largest absolute Gasteiger partial charge is 0.349 e. The molecule has 8 heteroatoms. The number of unbranched alkanes of at least 4 members (excludes halogenated alkanes) is 1. The fourth-order valence-electron chi connectivity index (χ4n) is 1.51. The molecule has 1 aromatic carbocycles. The van der Waals surface area contributed by atoms with Crippen LogP contribution in [0.2, 0.25) is 0 Å². The molecule has 0 saturated heterocycles. The van der Waals surface area contributed by atoms with Crippen molar-refractivity contribution in [3.05, 3.63) is 29.1 Å². The van der Waals surface area contributed by atoms with Crippen molar-refractivity contribution in [1.29, 1.82) is 0 Å². The summed E-state index contributed by atoms with van der Waals surface area (Å²) >= 11 is 0. The van der Waals surface area contributed by atoms with E-state index in [0.29, 0.717) is 12.8 Å². The first-order valence-corrected chi connectivity index (χ1v) is 5.87. The van der Waals surface area contributed by atoms with Crippen molar-refractivity contribution in [1.82, 2.24) is 0 Å². The zero-order valence-electron chi connectivity index (χ0n) is 10.4. The highest BCUT2D eigenvalue weighted by atomic mass is 19.2. The normalized spacial score (nSPS) is 14.2. The van der Waals surface area contributed by atoms with Crippen LogP contribution in [0.1, 0.15) is 26.2 Å². The average molecular weight is 303 g/mol. The second-order valence-corrected chi connectivity index (χ2v) is 4.15. The quantitative estimate of drug-likeness (QED) is 0.350. The Morgan fingerprint density at radius 2 is 1.30 bits per heavy atom. The third-order valence-electron chi connectivity index (χ3n) is 2.64. The van der Waals surface area contributed by atoms with E-state index >= 15 is 0 Å². The Bertz CT molecular complexity index is 448. The van der Waals surface area contributed by atoms with Gasteiger partial charge >= 0.3 is 0 Å². The fraction of sp³-hybridized carbons (Fsp3) is 0.500. The van der Waals surface area contributed by atoms with E-state index in [1.54, 1.807) is 6.92 Å². The SMILES string of the molecule is CCCCC(F)C(F)Nc1c(F)c(F)c(F)c(F)c1F. The van der Waals surface area contributed by atoms with E-state index in [-0.39, 0.29) is 6.42 Å². The van der Waals surface area contributed by atoms with Crippen molar-refractivity contribution >= 4 is 5.69 Å². The van der Waals surface area contributed by atoms with Crippen LogP contribution < -0.4 is 5.32 Å². The molecular weight excluding hydrogens is 291 g/mol. The molecule has 2 unspecified atom stereocenters. The first kappa shape index (κ1) is 16.6. The number of rotatable bonds is 6. The molecule has 1 aromatic rings. The van der Waals surface area contributed by atoms with Gasteiger partial charge in [-0.25, -0.2) is 30.7 Å². The van der Waals surface area contributed by atoms with Crippen LogP contribution in [0, 0.1) is 29.1 Å². The molecule has 0 fully saturated rings. The van der Waals surface area contributed by atoms with Crippen LogP contribution in [0.3, 0.4) is 0 Å². The molecule has 0 spiro atoms. The van der Waals surface area contributed by atoms with Crippen molar-refractivity contribution in [2.75, 3.05) is 5.32 Å². The molecule has 0 aromatic heterocycles. The van der Waals surface area contributed by atoms with Gasteiger partial charge in [0, 0.05) is 0 Å². The van der Waals surface area contributed by atoms with Gasteiger partial charge in [-0.1, -0.05) is 19.8 Å². The van der Waals surface area contributed by atoms with Crippen LogP contribution >= 0.6 is 0 Å². The lowest BCUT2D eigenvalue weighted by Crippen LogP contribution is -2.27. The Hall–Kier alpha value is -1.47. The van der Waals surface area contributed by atoms with Crippen LogP contribution in [-0.2, 0) is 0 Å². The molecule has 0 bridgehead atoms. The molecule has 1 nitrogen and oxygen atoms in total. The highest BCUT2D eigenvalue weighted by Crippen LogP contribution is 2.28. The molecule has 1 rings (SSSR count). The van der Waals surface area contributed by atoms with E-state index in [4.69, 9.17) is 0 Å². The summed E-state index contributed by atoms with van der Waals surface area (Å²) in [7, 11) is 0. The highest BCUT2D eigenvalue weighted by Gasteiger charge is 2.29. The fourth-order valence-corrected chi connectivity index (χ4v) is 1.51. The van der Waals surface area contributed by atoms with Crippen molar-refractivity contribution in [2.24, 2.45) is 0 Å². The number of hydrogen-bond acceptors (Lipinski definition) is 1. The van der Waals surface area contributed by atoms with Gasteiger partial charge in [-0.15, -0.1) is 0 Å². The second-order valence-electron chi connectivity index (χ2n) is 4.15. The van der Waals surface area contributed by atoms with E-state index in [9.17, 15) is 30.7 Å². The lowest BCUT2D eigenvalue weighted by molar-refractivity contribution is 0.175. The topological polar surface area (TPSA) is 12.0 Å². The number of nitrogens with one attached hydrogen (secondary N) is 1. The number of halogens is 7. The highest BCUT2D eigenvalue weighted by molar-refractivity contribution is 5.48. The van der Waals surface area contributed by atoms with Gasteiger partial charge in [-0.3, -0.25) is 0 Å². The van der Waals surface area contributed by atoms with Gasteiger partial charge in [-0.05, 0) is 6.42 Å². The lowest BCUT2D eigenvalue weighted by Gasteiger charge is -2.17. The number of hydrogen-bond donors (Lipinski definition) is 1. The zero-order chi connectivity index (χ0) is 15.4. The first-order valence-electron chi connectivity index (χ1n) is 5.87. The van der Waals surface area contributed by atoms with Gasteiger partial charge in [-0.2, -0.15) is 0 Å². The van der Waals surface area contributed by atoms with Crippen LogP contribution in [0.25, 0.3) is 0 Å². The van der Waals surface area contributed by atoms with E-state index < -0.39 is 47.2 Å². The molecule has 0 heterocycles. The Balaban J connectivity index is 2.98. The van der Waals surface area contributed by atoms with E-state index in [1.165, 1.54) is 5.32 Å². The van der Waals surface area contributed by atoms with Crippen LogP contribution in [0.5, 0.6) is 0 Å². The molecule has 20 heavy (non-hydrogen) atoms. The number of alkyl halides is 2. The molecule has 1 N–H and O–H groups in total. The third kappa shape index (κ3) is 3.34. The molecule has 0 amide bonds. The van der Waals surface area contributed by atoms with Crippen molar-refractivity contribution < 1.29 is 30.7 Å². The Kier molecular flexibility index (Phi) is 5.64. The minimum absolute atomic E-state index is 0.236. The summed E-state index contributed by atoms with van der Waals surface area (Å²) < 4.78 is 91.5. The summed E-state index contributed by atoms with van der Waals surface area (Å²) in [5.74, 6) is -11.3. The van der Waals surface area contributed by atoms with E-state index in [0.717, 1.165) is 0 Å². The summed E-state index contributed by atoms with van der Waals surface area (Å²) in [4.78, 5) is 0. The maximum Gasteiger partial charge on any atom is 0.201 e. The van der Waals surface area contributed by atoms with Crippen molar-refractivity contribution in [2.45, 2.75) is 38.7 Å². The van der Waals surface area contributed by atoms with Crippen molar-refractivity contribution in [3.63, 3.8) is 0 Å². The maximum absolute atomic E-state index is 13.4. The predicted molar refractivity (Wildman–Crippen MR) is 59.2 cm³/mol. The zero-order valence-corrected chi connectivity index (χ0v) is 10.4. The Morgan fingerprint density at radius 1 is 0.850 bits per heavy atom. The van der Waals surface area contributed by atoms with Gasteiger partial charge in [0.25, 0.3) is 0 Å². The van der Waals surface area contributed by atoms with Crippen molar-refractivity contribution in [3.8, 4) is 0 Å². The first-order chi connectivity index (χ1) is 9.31. The summed E-state index contributed by atoms with van der Waals surface area (Å²) in [5.41, 5.74) is -1.58. The molecule has 0 aliphatic rings. The molecule has 0 aliphatic carbocycles. The molecule has 0 saturated carbocycles. The average Bonchev–Trinajstić information content (AvgIpc) is 2.44. The molecule has 114 valence electrons. The van der Waals surface area contributed by atoms with E-state index in [2.05, 4.69) is 0 Å². The van der Waals surface area contributed by atoms with Crippen LogP contribution in [0.4, 0.5) is 36.4 Å². The second kappa shape index (κ2) is 6.81. The third-order valence-corrected chi connectivity index (χ3v) is 2.64. The minimum Gasteiger partial charge on any atom is -0.349 e. The summed E-state index contributed by atoms with van der Waals surface area (Å²) in [6, 6.07) is 0. The van der Waals surface area contributed by atoms with Gasteiger partial charge in [0.1, 0.15) is 11.9 Å². The standard InChI is InChI=1S/C12H12F7N/c1-2-3-4-5(13)12(19)20-11-9(17)7(15)6(14)8(16)10(11)18/h5,12,20H,2-4H2,1H3.